The minimum atomic E-state index is -0.202. The summed E-state index contributed by atoms with van der Waals surface area (Å²) in [7, 11) is 1.64. The van der Waals surface area contributed by atoms with E-state index in [1.54, 1.807) is 20.1 Å². The number of aryl methyl sites for hydroxylation is 1. The van der Waals surface area contributed by atoms with Crippen molar-refractivity contribution in [3.8, 4) is 22.7 Å². The van der Waals surface area contributed by atoms with Gasteiger partial charge in [0.15, 0.2) is 5.16 Å². The Kier molecular flexibility index (Phi) is 5.85. The molecule has 0 radical (unpaired) electrons. The van der Waals surface area contributed by atoms with Crippen molar-refractivity contribution in [1.82, 2.24) is 14.7 Å². The molecule has 0 atom stereocenters. The highest BCUT2D eigenvalue weighted by atomic mass is 32.2. The van der Waals surface area contributed by atoms with E-state index >= 15 is 0 Å². The largest absolute Gasteiger partial charge is 0.495 e. The molecule has 7 nitrogen and oxygen atoms in total. The summed E-state index contributed by atoms with van der Waals surface area (Å²) in [5, 5.41) is 7.16. The van der Waals surface area contributed by atoms with Crippen LogP contribution in [0, 0.1) is 6.92 Å². The number of anilines is 1. The Balaban J connectivity index is 1.64. The lowest BCUT2D eigenvalue weighted by molar-refractivity contribution is -0.113. The first kappa shape index (κ1) is 19.8. The molecule has 4 rings (SSSR count). The van der Waals surface area contributed by atoms with E-state index in [2.05, 4.69) is 15.5 Å². The molecule has 0 bridgehead atoms. The number of carbonyl (C=O) groups is 1. The molecular formula is C22H20N4O3S. The van der Waals surface area contributed by atoms with Crippen molar-refractivity contribution in [2.24, 2.45) is 0 Å². The average molecular weight is 420 g/mol. The number of ether oxygens (including phenoxy) is 1. The monoisotopic (exact) mass is 420 g/mol. The van der Waals surface area contributed by atoms with Gasteiger partial charge in [0.2, 0.25) is 11.8 Å². The van der Waals surface area contributed by atoms with Crippen molar-refractivity contribution in [3.05, 3.63) is 72.6 Å². The van der Waals surface area contributed by atoms with Crippen molar-refractivity contribution >= 4 is 23.6 Å². The Morgan fingerprint density at radius 1 is 1.17 bits per heavy atom. The van der Waals surface area contributed by atoms with Crippen LogP contribution < -0.4 is 10.1 Å². The van der Waals surface area contributed by atoms with E-state index in [0.29, 0.717) is 16.7 Å². The Morgan fingerprint density at radius 3 is 2.67 bits per heavy atom. The maximum absolute atomic E-state index is 12.4. The molecule has 0 aliphatic heterocycles. The van der Waals surface area contributed by atoms with Crippen molar-refractivity contribution in [1.29, 1.82) is 0 Å². The highest BCUT2D eigenvalue weighted by molar-refractivity contribution is 7.99. The molecule has 1 amide bonds. The number of thioether (sulfide) groups is 1. The highest BCUT2D eigenvalue weighted by Crippen LogP contribution is 2.33. The lowest BCUT2D eigenvalue weighted by Crippen LogP contribution is -2.14. The fraction of sp³-hybridized carbons (Fsp3) is 0.136. The molecule has 2 heterocycles. The normalized spacial score (nSPS) is 10.7. The molecule has 0 saturated carbocycles. The lowest BCUT2D eigenvalue weighted by Gasteiger charge is -2.15. The molecule has 0 aliphatic rings. The summed E-state index contributed by atoms with van der Waals surface area (Å²) >= 11 is 1.33. The van der Waals surface area contributed by atoms with Gasteiger partial charge in [-0.05, 0) is 19.1 Å². The second-order valence-electron chi connectivity index (χ2n) is 6.47. The Hall–Kier alpha value is -3.52. The first-order valence-corrected chi connectivity index (χ1v) is 10.3. The zero-order valence-electron chi connectivity index (χ0n) is 16.5. The molecule has 0 fully saturated rings. The number of methoxy groups -OCH3 is 1. The summed E-state index contributed by atoms with van der Waals surface area (Å²) in [5.74, 6) is 1.01. The third-order valence-corrected chi connectivity index (χ3v) is 5.30. The number of hydrogen-bond donors (Lipinski definition) is 1. The fourth-order valence-electron chi connectivity index (χ4n) is 3.02. The van der Waals surface area contributed by atoms with Crippen molar-refractivity contribution in [3.63, 3.8) is 0 Å². The van der Waals surface area contributed by atoms with Gasteiger partial charge in [-0.2, -0.15) is 0 Å². The molecule has 0 unspecified atom stereocenters. The molecule has 30 heavy (non-hydrogen) atoms. The standard InChI is InChI=1S/C22H20N4O3S/c1-15-12-21(29-25-15)24-20(27)14-30-22-23-13-18(16-8-4-3-5-9-16)26(22)17-10-6-7-11-19(17)28-2/h3-13H,14H2,1-2H3,(H,24,27). The van der Waals surface area contributed by atoms with E-state index in [1.165, 1.54) is 11.8 Å². The average Bonchev–Trinajstić information content (AvgIpc) is 3.38. The van der Waals surface area contributed by atoms with Crippen LogP contribution in [0.5, 0.6) is 5.75 Å². The predicted molar refractivity (Wildman–Crippen MR) is 116 cm³/mol. The smallest absolute Gasteiger partial charge is 0.237 e. The Morgan fingerprint density at radius 2 is 1.93 bits per heavy atom. The summed E-state index contributed by atoms with van der Waals surface area (Å²) < 4.78 is 12.6. The minimum absolute atomic E-state index is 0.167. The maximum atomic E-state index is 12.4. The van der Waals surface area contributed by atoms with Gasteiger partial charge in [-0.1, -0.05) is 59.4 Å². The van der Waals surface area contributed by atoms with Gasteiger partial charge in [0.05, 0.1) is 36.1 Å². The van der Waals surface area contributed by atoms with E-state index in [0.717, 1.165) is 22.7 Å². The summed E-state index contributed by atoms with van der Waals surface area (Å²) in [6.45, 7) is 1.79. The first-order valence-electron chi connectivity index (χ1n) is 9.28. The Labute approximate surface area is 178 Å². The molecule has 2 aromatic heterocycles. The van der Waals surface area contributed by atoms with Gasteiger partial charge in [0.1, 0.15) is 5.75 Å². The summed E-state index contributed by atoms with van der Waals surface area (Å²) in [5.41, 5.74) is 3.49. The van der Waals surface area contributed by atoms with Crippen molar-refractivity contribution < 1.29 is 14.1 Å². The first-order chi connectivity index (χ1) is 14.7. The molecular weight excluding hydrogens is 400 g/mol. The number of rotatable bonds is 7. The third kappa shape index (κ3) is 4.23. The Bertz CT molecular complexity index is 1150. The van der Waals surface area contributed by atoms with Crippen LogP contribution in [0.25, 0.3) is 16.9 Å². The molecule has 4 aromatic rings. The van der Waals surface area contributed by atoms with E-state index < -0.39 is 0 Å². The second kappa shape index (κ2) is 8.87. The van der Waals surface area contributed by atoms with Crippen LogP contribution in [-0.4, -0.2) is 33.5 Å². The fourth-order valence-corrected chi connectivity index (χ4v) is 3.81. The summed E-state index contributed by atoms with van der Waals surface area (Å²) in [6, 6.07) is 19.4. The third-order valence-electron chi connectivity index (χ3n) is 4.35. The van der Waals surface area contributed by atoms with E-state index in [1.807, 2.05) is 65.4 Å². The molecule has 2 aromatic carbocycles. The topological polar surface area (TPSA) is 82.2 Å². The van der Waals surface area contributed by atoms with E-state index in [9.17, 15) is 4.79 Å². The van der Waals surface area contributed by atoms with Crippen LogP contribution in [0.15, 0.2) is 76.5 Å². The molecule has 0 saturated heterocycles. The molecule has 152 valence electrons. The molecule has 1 N–H and O–H groups in total. The highest BCUT2D eigenvalue weighted by Gasteiger charge is 2.18. The molecule has 0 aliphatic carbocycles. The van der Waals surface area contributed by atoms with Crippen LogP contribution in [0.2, 0.25) is 0 Å². The molecule has 8 heteroatoms. The number of nitrogens with one attached hydrogen (secondary N) is 1. The number of para-hydroxylation sites is 2. The SMILES string of the molecule is COc1ccccc1-n1c(-c2ccccc2)cnc1SCC(=O)Nc1cc(C)no1. The number of benzene rings is 2. The zero-order valence-corrected chi connectivity index (χ0v) is 17.3. The number of aromatic nitrogens is 3. The van der Waals surface area contributed by atoms with Crippen LogP contribution in [0.4, 0.5) is 5.88 Å². The van der Waals surface area contributed by atoms with Gasteiger partial charge in [0.25, 0.3) is 0 Å². The number of amides is 1. The van der Waals surface area contributed by atoms with Gasteiger partial charge in [-0.15, -0.1) is 0 Å². The van der Waals surface area contributed by atoms with Crippen LogP contribution in [-0.2, 0) is 4.79 Å². The predicted octanol–water partition coefficient (Wildman–Crippen LogP) is 4.58. The van der Waals surface area contributed by atoms with Crippen LogP contribution in [0.1, 0.15) is 5.69 Å². The summed E-state index contributed by atoms with van der Waals surface area (Å²) in [6.07, 6.45) is 1.81. The number of imidazole rings is 1. The number of nitrogens with zero attached hydrogens (tertiary/aromatic N) is 3. The minimum Gasteiger partial charge on any atom is -0.495 e. The van der Waals surface area contributed by atoms with Gasteiger partial charge in [-0.25, -0.2) is 4.98 Å². The zero-order chi connectivity index (χ0) is 20.9. The number of carbonyl (C=O) groups excluding carboxylic acids is 1. The number of hydrogen-bond acceptors (Lipinski definition) is 6. The van der Waals surface area contributed by atoms with Gasteiger partial charge < -0.3 is 9.26 Å². The van der Waals surface area contributed by atoms with Gasteiger partial charge >= 0.3 is 0 Å². The van der Waals surface area contributed by atoms with Gasteiger partial charge in [-0.3, -0.25) is 14.7 Å². The van der Waals surface area contributed by atoms with Crippen LogP contribution in [0.3, 0.4) is 0 Å². The van der Waals surface area contributed by atoms with E-state index in [-0.39, 0.29) is 11.7 Å². The maximum Gasteiger partial charge on any atom is 0.237 e. The lowest BCUT2D eigenvalue weighted by atomic mass is 10.1. The van der Waals surface area contributed by atoms with Gasteiger partial charge in [0, 0.05) is 11.6 Å². The van der Waals surface area contributed by atoms with E-state index in [4.69, 9.17) is 9.26 Å². The second-order valence-corrected chi connectivity index (χ2v) is 7.41. The van der Waals surface area contributed by atoms with Crippen molar-refractivity contribution in [2.75, 3.05) is 18.2 Å². The molecule has 0 spiro atoms. The van der Waals surface area contributed by atoms with Crippen LogP contribution >= 0.6 is 11.8 Å². The quantitative estimate of drug-likeness (QED) is 0.441. The summed E-state index contributed by atoms with van der Waals surface area (Å²) in [4.78, 5) is 16.9. The van der Waals surface area contributed by atoms with Crippen molar-refractivity contribution in [2.45, 2.75) is 12.1 Å².